The molecular weight excluding hydrogens is 220 g/mol. The normalized spacial score (nSPS) is 11.8. The molecule has 2 heteroatoms. The lowest BCUT2D eigenvalue weighted by Crippen LogP contribution is -2.02. The van der Waals surface area contributed by atoms with Crippen LogP contribution >= 0.6 is 0 Å². The third-order valence-electron chi connectivity index (χ3n) is 3.34. The van der Waals surface area contributed by atoms with E-state index >= 15 is 0 Å². The SMILES string of the molecule is Cc1cc(C(C)C)c2c(C(C)C)cc(C)nc2n1. The number of hydrogen-bond donors (Lipinski definition) is 0. The van der Waals surface area contributed by atoms with Crippen LogP contribution in [0.1, 0.15) is 62.0 Å². The van der Waals surface area contributed by atoms with Gasteiger partial charge in [0.05, 0.1) is 0 Å². The van der Waals surface area contributed by atoms with Gasteiger partial charge in [-0.05, 0) is 48.9 Å². The van der Waals surface area contributed by atoms with Gasteiger partial charge in [-0.25, -0.2) is 9.97 Å². The summed E-state index contributed by atoms with van der Waals surface area (Å²) >= 11 is 0. The Bertz CT molecular complexity index is 534. The monoisotopic (exact) mass is 242 g/mol. The number of aryl methyl sites for hydroxylation is 2. The fraction of sp³-hybridized carbons (Fsp3) is 0.500. The number of fused-ring (bicyclic) bond motifs is 1. The van der Waals surface area contributed by atoms with Gasteiger partial charge in [0.25, 0.3) is 0 Å². The molecule has 0 saturated carbocycles. The maximum Gasteiger partial charge on any atom is 0.160 e. The van der Waals surface area contributed by atoms with Crippen molar-refractivity contribution in [1.29, 1.82) is 0 Å². The maximum atomic E-state index is 4.61. The fourth-order valence-electron chi connectivity index (χ4n) is 2.47. The molecule has 0 spiro atoms. The molecule has 0 N–H and O–H groups in total. The first-order valence-electron chi connectivity index (χ1n) is 6.69. The molecule has 0 aliphatic carbocycles. The average molecular weight is 242 g/mol. The third-order valence-corrected chi connectivity index (χ3v) is 3.34. The number of hydrogen-bond acceptors (Lipinski definition) is 2. The molecule has 2 rings (SSSR count). The molecule has 0 aliphatic heterocycles. The molecule has 2 aromatic heterocycles. The second-order valence-electron chi connectivity index (χ2n) is 5.71. The lowest BCUT2D eigenvalue weighted by atomic mass is 9.91. The maximum absolute atomic E-state index is 4.61. The van der Waals surface area contributed by atoms with Crippen LogP contribution in [0.25, 0.3) is 11.0 Å². The van der Waals surface area contributed by atoms with E-state index in [0.717, 1.165) is 17.0 Å². The van der Waals surface area contributed by atoms with Crippen LogP contribution in [0, 0.1) is 13.8 Å². The van der Waals surface area contributed by atoms with Crippen molar-refractivity contribution in [3.8, 4) is 0 Å². The molecule has 96 valence electrons. The van der Waals surface area contributed by atoms with Gasteiger partial charge in [0.1, 0.15) is 0 Å². The zero-order valence-corrected chi connectivity index (χ0v) is 12.2. The molecule has 0 saturated heterocycles. The zero-order valence-electron chi connectivity index (χ0n) is 12.2. The molecule has 2 heterocycles. The molecule has 0 aromatic carbocycles. The molecule has 18 heavy (non-hydrogen) atoms. The lowest BCUT2D eigenvalue weighted by molar-refractivity contribution is 0.845. The summed E-state index contributed by atoms with van der Waals surface area (Å²) in [4.78, 5) is 9.22. The van der Waals surface area contributed by atoms with Gasteiger partial charge in [0.2, 0.25) is 0 Å². The molecule has 2 aromatic rings. The minimum atomic E-state index is 0.496. The van der Waals surface area contributed by atoms with Crippen molar-refractivity contribution in [2.75, 3.05) is 0 Å². The highest BCUT2D eigenvalue weighted by molar-refractivity contribution is 5.84. The van der Waals surface area contributed by atoms with E-state index in [-0.39, 0.29) is 0 Å². The van der Waals surface area contributed by atoms with E-state index in [1.165, 1.54) is 16.5 Å². The molecule has 0 amide bonds. The Morgan fingerprint density at radius 3 is 1.50 bits per heavy atom. The topological polar surface area (TPSA) is 25.8 Å². The van der Waals surface area contributed by atoms with E-state index in [0.29, 0.717) is 11.8 Å². The van der Waals surface area contributed by atoms with E-state index < -0.39 is 0 Å². The number of nitrogens with zero attached hydrogens (tertiary/aromatic N) is 2. The Morgan fingerprint density at radius 1 is 0.778 bits per heavy atom. The van der Waals surface area contributed by atoms with Crippen molar-refractivity contribution in [2.45, 2.75) is 53.4 Å². The number of rotatable bonds is 2. The fourth-order valence-corrected chi connectivity index (χ4v) is 2.47. The van der Waals surface area contributed by atoms with Crippen LogP contribution in [0.4, 0.5) is 0 Å². The molecular formula is C16H22N2. The average Bonchev–Trinajstić information content (AvgIpc) is 2.25. The van der Waals surface area contributed by atoms with Crippen molar-refractivity contribution in [3.63, 3.8) is 0 Å². The van der Waals surface area contributed by atoms with E-state index in [1.807, 2.05) is 13.8 Å². The van der Waals surface area contributed by atoms with Gasteiger partial charge >= 0.3 is 0 Å². The summed E-state index contributed by atoms with van der Waals surface area (Å²) in [5.74, 6) is 0.993. The molecule has 0 atom stereocenters. The number of aromatic nitrogens is 2. The highest BCUT2D eigenvalue weighted by Crippen LogP contribution is 2.31. The molecule has 2 nitrogen and oxygen atoms in total. The molecule has 0 aliphatic rings. The predicted octanol–water partition coefficient (Wildman–Crippen LogP) is 4.49. The minimum Gasteiger partial charge on any atom is -0.233 e. The quantitative estimate of drug-likeness (QED) is 0.775. The van der Waals surface area contributed by atoms with Crippen LogP contribution in [0.2, 0.25) is 0 Å². The van der Waals surface area contributed by atoms with Gasteiger partial charge in [-0.15, -0.1) is 0 Å². The standard InChI is InChI=1S/C16H22N2/c1-9(2)13-7-11(5)17-16-15(13)14(10(3)4)8-12(6)18-16/h7-10H,1-6H3. The summed E-state index contributed by atoms with van der Waals surface area (Å²) in [6.07, 6.45) is 0. The molecule has 0 radical (unpaired) electrons. The van der Waals surface area contributed by atoms with Crippen LogP contribution in [-0.2, 0) is 0 Å². The predicted molar refractivity (Wildman–Crippen MR) is 77.2 cm³/mol. The van der Waals surface area contributed by atoms with Gasteiger partial charge in [-0.3, -0.25) is 0 Å². The van der Waals surface area contributed by atoms with Crippen LogP contribution in [0.15, 0.2) is 12.1 Å². The summed E-state index contributed by atoms with van der Waals surface area (Å²) in [7, 11) is 0. The van der Waals surface area contributed by atoms with E-state index in [4.69, 9.17) is 0 Å². The smallest absolute Gasteiger partial charge is 0.160 e. The Hall–Kier alpha value is -1.44. The van der Waals surface area contributed by atoms with E-state index in [9.17, 15) is 0 Å². The summed E-state index contributed by atoms with van der Waals surface area (Å²) in [6, 6.07) is 4.41. The summed E-state index contributed by atoms with van der Waals surface area (Å²) in [5.41, 5.74) is 5.75. The van der Waals surface area contributed by atoms with Gasteiger partial charge in [-0.1, -0.05) is 27.7 Å². The van der Waals surface area contributed by atoms with E-state index in [2.05, 4.69) is 49.8 Å². The first-order valence-corrected chi connectivity index (χ1v) is 6.69. The first kappa shape index (κ1) is 13.0. The number of pyridine rings is 2. The summed E-state index contributed by atoms with van der Waals surface area (Å²) in [5, 5.41) is 1.26. The Morgan fingerprint density at radius 2 is 1.17 bits per heavy atom. The lowest BCUT2D eigenvalue weighted by Gasteiger charge is -2.17. The summed E-state index contributed by atoms with van der Waals surface area (Å²) in [6.45, 7) is 13.0. The van der Waals surface area contributed by atoms with Gasteiger partial charge in [0, 0.05) is 16.8 Å². The zero-order chi connectivity index (χ0) is 13.4. The second-order valence-corrected chi connectivity index (χ2v) is 5.71. The largest absolute Gasteiger partial charge is 0.233 e. The highest BCUT2D eigenvalue weighted by atomic mass is 14.9. The van der Waals surface area contributed by atoms with Crippen molar-refractivity contribution in [2.24, 2.45) is 0 Å². The minimum absolute atomic E-state index is 0.496. The van der Waals surface area contributed by atoms with Crippen LogP contribution in [0.5, 0.6) is 0 Å². The van der Waals surface area contributed by atoms with Crippen molar-refractivity contribution < 1.29 is 0 Å². The van der Waals surface area contributed by atoms with Gasteiger partial charge in [-0.2, -0.15) is 0 Å². The highest BCUT2D eigenvalue weighted by Gasteiger charge is 2.15. The van der Waals surface area contributed by atoms with Gasteiger partial charge in [0.15, 0.2) is 5.65 Å². The van der Waals surface area contributed by atoms with Crippen LogP contribution < -0.4 is 0 Å². The third kappa shape index (κ3) is 2.24. The van der Waals surface area contributed by atoms with Crippen molar-refractivity contribution in [1.82, 2.24) is 9.97 Å². The van der Waals surface area contributed by atoms with Crippen molar-refractivity contribution in [3.05, 3.63) is 34.6 Å². The first-order chi connectivity index (χ1) is 8.40. The van der Waals surface area contributed by atoms with E-state index in [1.54, 1.807) is 0 Å². The Labute approximate surface area is 109 Å². The second kappa shape index (κ2) is 4.68. The Balaban J connectivity index is 2.91. The summed E-state index contributed by atoms with van der Waals surface area (Å²) < 4.78 is 0. The molecule has 0 fully saturated rings. The van der Waals surface area contributed by atoms with Crippen molar-refractivity contribution >= 4 is 11.0 Å². The molecule has 0 bridgehead atoms. The van der Waals surface area contributed by atoms with Crippen LogP contribution in [-0.4, -0.2) is 9.97 Å². The van der Waals surface area contributed by atoms with Crippen LogP contribution in [0.3, 0.4) is 0 Å². The Kier molecular flexibility index (Phi) is 3.38. The molecule has 0 unspecified atom stereocenters. The van der Waals surface area contributed by atoms with Gasteiger partial charge < -0.3 is 0 Å².